The summed E-state index contributed by atoms with van der Waals surface area (Å²) in [6.07, 6.45) is 6.45. The third kappa shape index (κ3) is 8.14. The summed E-state index contributed by atoms with van der Waals surface area (Å²) in [4.78, 5) is 30.6. The lowest BCUT2D eigenvalue weighted by molar-refractivity contribution is -0.136. The maximum absolute atomic E-state index is 13.1. The Morgan fingerprint density at radius 2 is 2.10 bits per heavy atom. The molecule has 7 nitrogen and oxygen atoms in total. The number of ether oxygens (including phenoxy) is 1. The number of thiazole rings is 1. The van der Waals surface area contributed by atoms with Gasteiger partial charge in [0.25, 0.3) is 0 Å². The van der Waals surface area contributed by atoms with E-state index in [1.165, 1.54) is 11.3 Å². The van der Waals surface area contributed by atoms with E-state index in [0.29, 0.717) is 18.4 Å². The van der Waals surface area contributed by atoms with E-state index >= 15 is 0 Å². The molecule has 1 saturated carbocycles. The van der Waals surface area contributed by atoms with Crippen molar-refractivity contribution in [3.8, 4) is 0 Å². The Labute approximate surface area is 181 Å². The van der Waals surface area contributed by atoms with E-state index in [9.17, 15) is 14.7 Å². The molecule has 1 atom stereocenters. The summed E-state index contributed by atoms with van der Waals surface area (Å²) in [6, 6.07) is -0.141. The summed E-state index contributed by atoms with van der Waals surface area (Å²) in [6.45, 7) is 8.43. The van der Waals surface area contributed by atoms with Gasteiger partial charge in [0, 0.05) is 25.8 Å². The number of hydrogen-bond acceptors (Lipinski definition) is 6. The molecular weight excluding hydrogens is 410 g/mol. The van der Waals surface area contributed by atoms with E-state index in [-0.39, 0.29) is 12.1 Å². The van der Waals surface area contributed by atoms with E-state index in [2.05, 4.69) is 24.1 Å². The first-order valence-corrected chi connectivity index (χ1v) is 12.1. The van der Waals surface area contributed by atoms with E-state index in [1.807, 2.05) is 11.8 Å². The van der Waals surface area contributed by atoms with Gasteiger partial charge in [-0.3, -0.25) is 4.98 Å². The van der Waals surface area contributed by atoms with Gasteiger partial charge in [-0.1, -0.05) is 25.6 Å². The summed E-state index contributed by atoms with van der Waals surface area (Å²) >= 11 is 2.48. The molecule has 9 heteroatoms. The smallest absolute Gasteiger partial charge is 0.337 e. The quantitative estimate of drug-likeness (QED) is 0.391. The molecule has 1 unspecified atom stereocenters. The SMILES string of the molecule is CCOC[C@H]1CC[C@H](N(CCC(C)C)C(=O)NC(Sc2cncs2)C(=O)O)CC1. The van der Waals surface area contributed by atoms with Crippen LogP contribution in [-0.4, -0.2) is 58.2 Å². The summed E-state index contributed by atoms with van der Waals surface area (Å²) in [7, 11) is 0. The van der Waals surface area contributed by atoms with Gasteiger partial charge in [-0.25, -0.2) is 9.59 Å². The van der Waals surface area contributed by atoms with Crippen LogP contribution in [0.25, 0.3) is 0 Å². The first kappa shape index (κ1) is 24.0. The van der Waals surface area contributed by atoms with Gasteiger partial charge in [-0.15, -0.1) is 11.3 Å². The van der Waals surface area contributed by atoms with Crippen molar-refractivity contribution in [2.45, 2.75) is 68.5 Å². The minimum absolute atomic E-state index is 0.148. The summed E-state index contributed by atoms with van der Waals surface area (Å²) in [5, 5.41) is 11.3. The number of amides is 2. The van der Waals surface area contributed by atoms with Gasteiger partial charge in [0.2, 0.25) is 0 Å². The zero-order valence-electron chi connectivity index (χ0n) is 17.5. The number of urea groups is 1. The van der Waals surface area contributed by atoms with E-state index in [1.54, 1.807) is 11.7 Å². The Balaban J connectivity index is 1.99. The molecule has 0 radical (unpaired) electrons. The number of nitrogens with zero attached hydrogens (tertiary/aromatic N) is 2. The average molecular weight is 444 g/mol. The number of aliphatic carboxylic acids is 1. The summed E-state index contributed by atoms with van der Waals surface area (Å²) in [5.41, 5.74) is 1.65. The van der Waals surface area contributed by atoms with Crippen molar-refractivity contribution in [3.63, 3.8) is 0 Å². The van der Waals surface area contributed by atoms with E-state index in [4.69, 9.17) is 4.74 Å². The number of aromatic nitrogens is 1. The minimum atomic E-state index is -1.05. The van der Waals surface area contributed by atoms with Crippen molar-refractivity contribution in [1.29, 1.82) is 0 Å². The van der Waals surface area contributed by atoms with Crippen molar-refractivity contribution in [2.24, 2.45) is 11.8 Å². The number of hydrogen-bond donors (Lipinski definition) is 2. The van der Waals surface area contributed by atoms with Crippen LogP contribution in [0.15, 0.2) is 15.9 Å². The zero-order chi connectivity index (χ0) is 21.2. The molecule has 2 amide bonds. The van der Waals surface area contributed by atoms with E-state index in [0.717, 1.165) is 61.3 Å². The van der Waals surface area contributed by atoms with Crippen LogP contribution in [0, 0.1) is 11.8 Å². The first-order chi connectivity index (χ1) is 13.9. The van der Waals surface area contributed by atoms with Gasteiger partial charge in [0.15, 0.2) is 5.37 Å². The highest BCUT2D eigenvalue weighted by Gasteiger charge is 2.31. The van der Waals surface area contributed by atoms with Crippen LogP contribution in [0.4, 0.5) is 4.79 Å². The number of rotatable bonds is 11. The molecule has 0 spiro atoms. The van der Waals surface area contributed by atoms with Crippen molar-refractivity contribution < 1.29 is 19.4 Å². The largest absolute Gasteiger partial charge is 0.479 e. The second kappa shape index (κ2) is 12.4. The Morgan fingerprint density at radius 1 is 1.38 bits per heavy atom. The van der Waals surface area contributed by atoms with Crippen molar-refractivity contribution in [2.75, 3.05) is 19.8 Å². The van der Waals surface area contributed by atoms with Gasteiger partial charge < -0.3 is 20.1 Å². The Bertz CT molecular complexity index is 619. The van der Waals surface area contributed by atoms with Gasteiger partial charge in [0.05, 0.1) is 15.9 Å². The third-order valence-corrected chi connectivity index (χ3v) is 7.18. The minimum Gasteiger partial charge on any atom is -0.479 e. The molecule has 0 bridgehead atoms. The topological polar surface area (TPSA) is 91.8 Å². The van der Waals surface area contributed by atoms with Crippen LogP contribution < -0.4 is 5.32 Å². The maximum Gasteiger partial charge on any atom is 0.337 e. The molecule has 2 rings (SSSR count). The van der Waals surface area contributed by atoms with Gasteiger partial charge in [-0.05, 0) is 50.9 Å². The number of nitrogens with one attached hydrogen (secondary N) is 1. The molecule has 1 aromatic heterocycles. The van der Waals surface area contributed by atoms with Crippen LogP contribution in [-0.2, 0) is 9.53 Å². The third-order valence-electron chi connectivity index (χ3n) is 5.15. The van der Waals surface area contributed by atoms with Crippen LogP contribution >= 0.6 is 23.1 Å². The molecule has 2 N–H and O–H groups in total. The molecule has 0 saturated heterocycles. The monoisotopic (exact) mass is 443 g/mol. The molecular formula is C20H33N3O4S2. The fraction of sp³-hybridized carbons (Fsp3) is 0.750. The molecule has 0 aliphatic heterocycles. The molecule has 1 aliphatic rings. The highest BCUT2D eigenvalue weighted by Crippen LogP contribution is 2.29. The van der Waals surface area contributed by atoms with E-state index < -0.39 is 11.3 Å². The number of carbonyl (C=O) groups excluding carboxylic acids is 1. The predicted molar refractivity (Wildman–Crippen MR) is 116 cm³/mol. The van der Waals surface area contributed by atoms with Crippen LogP contribution in [0.1, 0.15) is 52.9 Å². The van der Waals surface area contributed by atoms with Crippen molar-refractivity contribution >= 4 is 35.1 Å². The highest BCUT2D eigenvalue weighted by molar-refractivity contribution is 8.02. The lowest BCUT2D eigenvalue weighted by Crippen LogP contribution is -2.51. The van der Waals surface area contributed by atoms with Crippen molar-refractivity contribution in [3.05, 3.63) is 11.7 Å². The fourth-order valence-electron chi connectivity index (χ4n) is 3.47. The molecule has 1 aliphatic carbocycles. The molecule has 29 heavy (non-hydrogen) atoms. The first-order valence-electron chi connectivity index (χ1n) is 10.3. The molecule has 164 valence electrons. The molecule has 0 aromatic carbocycles. The lowest BCUT2D eigenvalue weighted by atomic mass is 9.85. The van der Waals surface area contributed by atoms with Crippen LogP contribution in [0.5, 0.6) is 0 Å². The normalized spacial score (nSPS) is 20.4. The predicted octanol–water partition coefficient (Wildman–Crippen LogP) is 4.30. The lowest BCUT2D eigenvalue weighted by Gasteiger charge is -2.37. The second-order valence-electron chi connectivity index (χ2n) is 7.82. The standard InChI is InChI=1S/C20H33N3O4S2/c1-4-27-12-15-5-7-16(8-6-15)23(10-9-14(2)3)20(26)22-18(19(24)25)29-17-11-21-13-28-17/h11,13-16,18H,4-10,12H2,1-3H3,(H,22,26)(H,24,25)/t15-,16-,18?. The number of carboxylic acid groups (broad SMARTS) is 1. The highest BCUT2D eigenvalue weighted by atomic mass is 32.2. The van der Waals surface area contributed by atoms with Crippen molar-refractivity contribution in [1.82, 2.24) is 15.2 Å². The molecule has 1 fully saturated rings. The van der Waals surface area contributed by atoms with Gasteiger partial charge >= 0.3 is 12.0 Å². The summed E-state index contributed by atoms with van der Waals surface area (Å²) in [5.74, 6) is -0.0303. The average Bonchev–Trinajstić information content (AvgIpc) is 3.19. The molecule has 1 heterocycles. The zero-order valence-corrected chi connectivity index (χ0v) is 19.1. The van der Waals surface area contributed by atoms with Crippen LogP contribution in [0.2, 0.25) is 0 Å². The molecule has 1 aromatic rings. The Kier molecular flexibility index (Phi) is 10.2. The fourth-order valence-corrected chi connectivity index (χ4v) is 5.07. The maximum atomic E-state index is 13.1. The Morgan fingerprint density at radius 3 is 2.66 bits per heavy atom. The van der Waals surface area contributed by atoms with Gasteiger partial charge in [0.1, 0.15) is 0 Å². The number of carbonyl (C=O) groups is 2. The Hall–Kier alpha value is -1.32. The summed E-state index contributed by atoms with van der Waals surface area (Å²) < 4.78 is 6.33. The second-order valence-corrected chi connectivity index (χ2v) is 10.1. The number of thioether (sulfide) groups is 1. The van der Waals surface area contributed by atoms with Crippen LogP contribution in [0.3, 0.4) is 0 Å². The number of carboxylic acids is 1. The van der Waals surface area contributed by atoms with Gasteiger partial charge in [-0.2, -0.15) is 0 Å².